The van der Waals surface area contributed by atoms with E-state index in [4.69, 9.17) is 11.6 Å². The molecule has 2 fully saturated rings. The number of nitrogens with zero attached hydrogens (tertiary/aromatic N) is 1. The lowest BCUT2D eigenvalue weighted by Gasteiger charge is -2.44. The number of hydrogen-bond donors (Lipinski definition) is 1. The summed E-state index contributed by atoms with van der Waals surface area (Å²) in [5.41, 5.74) is 0.958. The first-order chi connectivity index (χ1) is 10.4. The normalized spacial score (nSPS) is 32.7. The molecule has 22 heavy (non-hydrogen) atoms. The molecule has 4 atom stereocenters. The van der Waals surface area contributed by atoms with Crippen LogP contribution < -0.4 is 5.32 Å². The molecule has 2 aliphatic rings. The van der Waals surface area contributed by atoms with Crippen molar-refractivity contribution in [1.29, 1.82) is 0 Å². The topological polar surface area (TPSA) is 15.3 Å². The zero-order valence-electron chi connectivity index (χ0n) is 13.0. The molecule has 0 aromatic heterocycles. The summed E-state index contributed by atoms with van der Waals surface area (Å²) >= 11 is 5.96. The van der Waals surface area contributed by atoms with Gasteiger partial charge in [0.05, 0.1) is 0 Å². The number of halogens is 3. The minimum Gasteiger partial charge on any atom is -0.311 e. The molecule has 0 amide bonds. The van der Waals surface area contributed by atoms with Crippen molar-refractivity contribution in [2.24, 2.45) is 5.92 Å². The summed E-state index contributed by atoms with van der Waals surface area (Å²) in [6.07, 6.45) is 0.955. The number of nitrogens with one attached hydrogen (secondary N) is 1. The van der Waals surface area contributed by atoms with Crippen molar-refractivity contribution in [3.63, 3.8) is 0 Å². The lowest BCUT2D eigenvalue weighted by atomic mass is 9.95. The average Bonchev–Trinajstić information content (AvgIpc) is 3.10. The molecular weight excluding hydrogens is 306 g/mol. The number of piperazine rings is 1. The first-order valence-corrected chi connectivity index (χ1v) is 8.42. The molecule has 3 rings (SSSR count). The van der Waals surface area contributed by atoms with E-state index in [0.717, 1.165) is 25.1 Å². The fourth-order valence-corrected chi connectivity index (χ4v) is 3.72. The summed E-state index contributed by atoms with van der Waals surface area (Å²) in [4.78, 5) is 2.29. The second kappa shape index (κ2) is 6.06. The Kier molecular flexibility index (Phi) is 4.45. The van der Waals surface area contributed by atoms with Crippen LogP contribution in [0.5, 0.6) is 0 Å². The van der Waals surface area contributed by atoms with Crippen molar-refractivity contribution in [1.82, 2.24) is 10.2 Å². The largest absolute Gasteiger partial charge is 0.311 e. The minimum absolute atomic E-state index is 0.00492. The molecule has 5 heteroatoms. The van der Waals surface area contributed by atoms with Gasteiger partial charge in [0.2, 0.25) is 0 Å². The van der Waals surface area contributed by atoms with Crippen molar-refractivity contribution in [3.8, 4) is 0 Å². The molecule has 0 spiro atoms. The van der Waals surface area contributed by atoms with Crippen LogP contribution in [0.3, 0.4) is 0 Å². The van der Waals surface area contributed by atoms with Crippen LogP contribution in [0, 0.1) is 5.92 Å². The van der Waals surface area contributed by atoms with E-state index in [1.54, 1.807) is 12.1 Å². The second-order valence-corrected chi connectivity index (χ2v) is 7.07. The van der Waals surface area contributed by atoms with Gasteiger partial charge in [-0.1, -0.05) is 30.7 Å². The van der Waals surface area contributed by atoms with Gasteiger partial charge in [-0.05, 0) is 31.0 Å². The van der Waals surface area contributed by atoms with Crippen molar-refractivity contribution < 1.29 is 8.78 Å². The van der Waals surface area contributed by atoms with Crippen LogP contribution in [-0.4, -0.2) is 36.0 Å². The molecule has 122 valence electrons. The van der Waals surface area contributed by atoms with Crippen LogP contribution in [0.1, 0.15) is 38.3 Å². The average molecular weight is 329 g/mol. The smallest absolute Gasteiger partial charge is 0.253 e. The SMILES string of the molecule is CC[C@@H]1CN[C@@H](C)CN1[C@@H](c1ccc(Cl)cc1)[C@@H]1CC1(F)F. The predicted octanol–water partition coefficient (Wildman–Crippen LogP) is 4.11. The summed E-state index contributed by atoms with van der Waals surface area (Å²) < 4.78 is 27.7. The number of rotatable bonds is 4. The van der Waals surface area contributed by atoms with Crippen LogP contribution in [0.2, 0.25) is 5.02 Å². The summed E-state index contributed by atoms with van der Waals surface area (Å²) in [7, 11) is 0. The second-order valence-electron chi connectivity index (χ2n) is 6.64. The third-order valence-corrected chi connectivity index (χ3v) is 5.20. The Balaban J connectivity index is 1.92. The third-order valence-electron chi connectivity index (χ3n) is 4.95. The van der Waals surface area contributed by atoms with E-state index in [1.165, 1.54) is 0 Å². The maximum Gasteiger partial charge on any atom is 0.253 e. The Labute approximate surface area is 135 Å². The Morgan fingerprint density at radius 2 is 2.00 bits per heavy atom. The zero-order chi connectivity index (χ0) is 15.9. The number of hydrogen-bond acceptors (Lipinski definition) is 2. The van der Waals surface area contributed by atoms with Gasteiger partial charge in [-0.2, -0.15) is 0 Å². The lowest BCUT2D eigenvalue weighted by molar-refractivity contribution is 0.0277. The minimum atomic E-state index is -2.53. The van der Waals surface area contributed by atoms with Crippen molar-refractivity contribution in [3.05, 3.63) is 34.9 Å². The van der Waals surface area contributed by atoms with Crippen LogP contribution >= 0.6 is 11.6 Å². The highest BCUT2D eigenvalue weighted by Gasteiger charge is 2.62. The van der Waals surface area contributed by atoms with Gasteiger partial charge in [0, 0.05) is 48.6 Å². The molecule has 1 N–H and O–H groups in total. The van der Waals surface area contributed by atoms with Crippen molar-refractivity contribution in [2.75, 3.05) is 13.1 Å². The highest BCUT2D eigenvalue weighted by molar-refractivity contribution is 6.30. The van der Waals surface area contributed by atoms with Crippen LogP contribution in [0.25, 0.3) is 0 Å². The van der Waals surface area contributed by atoms with Gasteiger partial charge in [-0.25, -0.2) is 8.78 Å². The van der Waals surface area contributed by atoms with Gasteiger partial charge >= 0.3 is 0 Å². The number of alkyl halides is 2. The van der Waals surface area contributed by atoms with Crippen LogP contribution in [0.15, 0.2) is 24.3 Å². The van der Waals surface area contributed by atoms with Gasteiger partial charge in [0.15, 0.2) is 0 Å². The summed E-state index contributed by atoms with van der Waals surface area (Å²) in [5.74, 6) is -3.11. The van der Waals surface area contributed by atoms with E-state index in [9.17, 15) is 8.78 Å². The van der Waals surface area contributed by atoms with E-state index >= 15 is 0 Å². The molecule has 1 aliphatic heterocycles. The first-order valence-electron chi connectivity index (χ1n) is 8.04. The first kappa shape index (κ1) is 16.2. The van der Waals surface area contributed by atoms with E-state index in [0.29, 0.717) is 17.1 Å². The standard InChI is InChI=1S/C17H23ClF2N2/c1-3-14-9-21-11(2)10-22(14)16(15-8-17(15,19)20)12-4-6-13(18)7-5-12/h4-7,11,14-16,21H,3,8-10H2,1-2H3/t11-,14+,15-,16-/m0/s1. The van der Waals surface area contributed by atoms with Gasteiger partial charge in [-0.15, -0.1) is 0 Å². The number of benzene rings is 1. The maximum absolute atomic E-state index is 13.8. The van der Waals surface area contributed by atoms with E-state index < -0.39 is 11.8 Å². The molecule has 1 aromatic rings. The third kappa shape index (κ3) is 3.15. The molecule has 1 aliphatic carbocycles. The summed E-state index contributed by atoms with van der Waals surface area (Å²) in [5, 5.41) is 4.10. The molecule has 1 heterocycles. The molecule has 1 saturated carbocycles. The predicted molar refractivity (Wildman–Crippen MR) is 85.5 cm³/mol. The fourth-order valence-electron chi connectivity index (χ4n) is 3.60. The Bertz CT molecular complexity index is 520. The van der Waals surface area contributed by atoms with Gasteiger partial charge in [0.25, 0.3) is 5.92 Å². The van der Waals surface area contributed by atoms with Gasteiger partial charge in [0.1, 0.15) is 0 Å². The molecule has 1 aromatic carbocycles. The van der Waals surface area contributed by atoms with Crippen LogP contribution in [-0.2, 0) is 0 Å². The zero-order valence-corrected chi connectivity index (χ0v) is 13.8. The van der Waals surface area contributed by atoms with E-state index in [1.807, 2.05) is 12.1 Å². The van der Waals surface area contributed by atoms with Crippen molar-refractivity contribution >= 4 is 11.6 Å². The molecule has 2 nitrogen and oxygen atoms in total. The highest BCUT2D eigenvalue weighted by Crippen LogP contribution is 2.57. The molecule has 0 bridgehead atoms. The molecule has 1 saturated heterocycles. The fraction of sp³-hybridized carbons (Fsp3) is 0.647. The monoisotopic (exact) mass is 328 g/mol. The molecular formula is C17H23ClF2N2. The Hall–Kier alpha value is -0.710. The van der Waals surface area contributed by atoms with Crippen LogP contribution in [0.4, 0.5) is 8.78 Å². The summed E-state index contributed by atoms with van der Waals surface area (Å²) in [6.45, 7) is 5.90. The summed E-state index contributed by atoms with van der Waals surface area (Å²) in [6, 6.07) is 7.82. The molecule has 0 unspecified atom stereocenters. The van der Waals surface area contributed by atoms with Gasteiger partial charge < -0.3 is 5.32 Å². The maximum atomic E-state index is 13.8. The quantitative estimate of drug-likeness (QED) is 0.895. The molecule has 0 radical (unpaired) electrons. The Morgan fingerprint density at radius 3 is 2.55 bits per heavy atom. The van der Waals surface area contributed by atoms with E-state index in [-0.39, 0.29) is 12.5 Å². The highest BCUT2D eigenvalue weighted by atomic mass is 35.5. The van der Waals surface area contributed by atoms with E-state index in [2.05, 4.69) is 24.1 Å². The lowest BCUT2D eigenvalue weighted by Crippen LogP contribution is -2.56. The van der Waals surface area contributed by atoms with Gasteiger partial charge in [-0.3, -0.25) is 4.90 Å². The Morgan fingerprint density at radius 1 is 1.36 bits per heavy atom. The van der Waals surface area contributed by atoms with Crippen molar-refractivity contribution in [2.45, 2.75) is 50.7 Å².